The summed E-state index contributed by atoms with van der Waals surface area (Å²) in [6.07, 6.45) is 3.16. The molecule has 0 radical (unpaired) electrons. The highest BCUT2D eigenvalue weighted by Crippen LogP contribution is 2.28. The van der Waals surface area contributed by atoms with Crippen LogP contribution in [0.25, 0.3) is 0 Å². The zero-order valence-corrected chi connectivity index (χ0v) is 16.7. The Hall–Kier alpha value is -3.06. The molecule has 0 fully saturated rings. The molecule has 4 nitrogen and oxygen atoms in total. The lowest BCUT2D eigenvalue weighted by atomic mass is 10.1. The van der Waals surface area contributed by atoms with E-state index in [2.05, 4.69) is 50.2 Å². The van der Waals surface area contributed by atoms with Gasteiger partial charge in [0.2, 0.25) is 0 Å². The summed E-state index contributed by atoms with van der Waals surface area (Å²) in [4.78, 5) is 14.7. The number of aryl methyl sites for hydroxylation is 1. The summed E-state index contributed by atoms with van der Waals surface area (Å²) >= 11 is 0. The number of hydrogen-bond donors (Lipinski definition) is 1. The summed E-state index contributed by atoms with van der Waals surface area (Å²) in [7, 11) is 2.08. The molecule has 0 aromatic heterocycles. The number of nitrogens with zero attached hydrogens (tertiary/aromatic N) is 2. The van der Waals surface area contributed by atoms with Crippen LogP contribution in [0.2, 0.25) is 0 Å². The second-order valence-electron chi connectivity index (χ2n) is 7.08. The maximum Gasteiger partial charge on any atom is 0.255 e. The number of rotatable bonds is 6. The molecule has 0 aliphatic rings. The fourth-order valence-electron chi connectivity index (χ4n) is 3.06. The Labute approximate surface area is 162 Å². The van der Waals surface area contributed by atoms with Crippen molar-refractivity contribution in [3.05, 3.63) is 70.9 Å². The van der Waals surface area contributed by atoms with E-state index in [1.54, 1.807) is 24.3 Å². The molecule has 2 rings (SSSR count). The van der Waals surface area contributed by atoms with Crippen LogP contribution in [0.15, 0.2) is 54.2 Å². The van der Waals surface area contributed by atoms with Crippen LogP contribution in [0, 0.1) is 24.2 Å². The van der Waals surface area contributed by atoms with Gasteiger partial charge in [0.15, 0.2) is 0 Å². The lowest BCUT2D eigenvalue weighted by Gasteiger charge is -2.26. The van der Waals surface area contributed by atoms with Gasteiger partial charge in [0, 0.05) is 29.7 Å². The lowest BCUT2D eigenvalue weighted by molar-refractivity contribution is 0.102. The zero-order chi connectivity index (χ0) is 20.0. The van der Waals surface area contributed by atoms with Crippen LogP contribution in [-0.4, -0.2) is 13.0 Å². The minimum Gasteiger partial charge on any atom is -0.348 e. The number of benzene rings is 2. The number of hydrogen-bond acceptors (Lipinski definition) is 3. The first-order valence-electron chi connectivity index (χ1n) is 9.16. The molecule has 140 valence electrons. The Morgan fingerprint density at radius 1 is 1.26 bits per heavy atom. The molecule has 1 N–H and O–H groups in total. The van der Waals surface area contributed by atoms with E-state index in [1.165, 1.54) is 5.70 Å². The van der Waals surface area contributed by atoms with E-state index in [-0.39, 0.29) is 5.91 Å². The molecule has 0 atom stereocenters. The summed E-state index contributed by atoms with van der Waals surface area (Å²) in [6, 6.07) is 14.7. The van der Waals surface area contributed by atoms with E-state index in [0.29, 0.717) is 17.0 Å². The maximum absolute atomic E-state index is 12.4. The van der Waals surface area contributed by atoms with Gasteiger partial charge in [-0.3, -0.25) is 4.79 Å². The smallest absolute Gasteiger partial charge is 0.255 e. The average molecular weight is 361 g/mol. The first kappa shape index (κ1) is 20.3. The Balaban J connectivity index is 2.18. The molecule has 0 spiro atoms. The first-order chi connectivity index (χ1) is 12.8. The van der Waals surface area contributed by atoms with Crippen molar-refractivity contribution in [3.63, 3.8) is 0 Å². The van der Waals surface area contributed by atoms with Crippen molar-refractivity contribution >= 4 is 17.3 Å². The highest BCUT2D eigenvalue weighted by molar-refractivity contribution is 6.04. The summed E-state index contributed by atoms with van der Waals surface area (Å²) in [5.41, 5.74) is 5.17. The summed E-state index contributed by atoms with van der Waals surface area (Å²) in [6.45, 7) is 8.53. The molecule has 4 heteroatoms. The maximum atomic E-state index is 12.4. The molecule has 27 heavy (non-hydrogen) atoms. The summed E-state index contributed by atoms with van der Waals surface area (Å²) < 4.78 is 0. The van der Waals surface area contributed by atoms with Gasteiger partial charge in [0.25, 0.3) is 5.91 Å². The van der Waals surface area contributed by atoms with E-state index >= 15 is 0 Å². The minimum atomic E-state index is -0.221. The zero-order valence-electron chi connectivity index (χ0n) is 16.7. The minimum absolute atomic E-state index is 0.221. The van der Waals surface area contributed by atoms with Crippen LogP contribution in [0.3, 0.4) is 0 Å². The molecule has 0 aliphatic carbocycles. The Morgan fingerprint density at radius 2 is 2.00 bits per heavy atom. The van der Waals surface area contributed by atoms with E-state index in [4.69, 9.17) is 5.26 Å². The number of carbonyl (C=O) groups excluding carboxylic acids is 1. The largest absolute Gasteiger partial charge is 0.348 e. The second-order valence-corrected chi connectivity index (χ2v) is 7.08. The molecule has 2 aromatic rings. The third-order valence-corrected chi connectivity index (χ3v) is 4.45. The van der Waals surface area contributed by atoms with Gasteiger partial charge in [-0.1, -0.05) is 26.0 Å². The van der Waals surface area contributed by atoms with Crippen LogP contribution >= 0.6 is 0 Å². The number of nitrogens with one attached hydrogen (secondary N) is 1. The Kier molecular flexibility index (Phi) is 6.79. The monoisotopic (exact) mass is 361 g/mol. The van der Waals surface area contributed by atoms with Crippen molar-refractivity contribution in [2.24, 2.45) is 5.92 Å². The molecule has 2 aromatic carbocycles. The normalized spacial score (nSPS) is 11.2. The van der Waals surface area contributed by atoms with Crippen molar-refractivity contribution in [2.75, 3.05) is 17.3 Å². The molecule has 0 heterocycles. The first-order valence-corrected chi connectivity index (χ1v) is 9.16. The predicted octanol–water partition coefficient (Wildman–Crippen LogP) is 5.51. The third kappa shape index (κ3) is 5.21. The fraction of sp³-hybridized carbons (Fsp3) is 0.304. The van der Waals surface area contributed by atoms with Crippen LogP contribution in [0.5, 0.6) is 0 Å². The van der Waals surface area contributed by atoms with Gasteiger partial charge in [-0.25, -0.2) is 0 Å². The predicted molar refractivity (Wildman–Crippen MR) is 112 cm³/mol. The molecular weight excluding hydrogens is 334 g/mol. The average Bonchev–Trinajstić information content (AvgIpc) is 2.65. The second kappa shape index (κ2) is 9.05. The number of anilines is 2. The van der Waals surface area contributed by atoms with E-state index in [1.807, 2.05) is 25.1 Å². The number of amides is 1. The lowest BCUT2D eigenvalue weighted by Crippen LogP contribution is -2.19. The molecule has 1 amide bonds. The third-order valence-electron chi connectivity index (χ3n) is 4.45. The van der Waals surface area contributed by atoms with Gasteiger partial charge in [-0.2, -0.15) is 5.26 Å². The van der Waals surface area contributed by atoms with Crippen molar-refractivity contribution < 1.29 is 4.79 Å². The van der Waals surface area contributed by atoms with Gasteiger partial charge in [0.1, 0.15) is 0 Å². The van der Waals surface area contributed by atoms with Crippen molar-refractivity contribution in [1.29, 1.82) is 5.26 Å². The number of allylic oxidation sites excluding steroid dienone is 2. The summed E-state index contributed by atoms with van der Waals surface area (Å²) in [5, 5.41) is 11.9. The fourth-order valence-corrected chi connectivity index (χ4v) is 3.06. The van der Waals surface area contributed by atoms with Gasteiger partial charge < -0.3 is 10.2 Å². The van der Waals surface area contributed by atoms with Crippen molar-refractivity contribution in [2.45, 2.75) is 34.1 Å². The Morgan fingerprint density at radius 3 is 2.59 bits per heavy atom. The van der Waals surface area contributed by atoms with Crippen LogP contribution < -0.4 is 10.2 Å². The van der Waals surface area contributed by atoms with Crippen LogP contribution in [-0.2, 0) is 0 Å². The van der Waals surface area contributed by atoms with E-state index in [9.17, 15) is 4.79 Å². The molecule has 0 saturated heterocycles. The molecule has 0 bridgehead atoms. The topological polar surface area (TPSA) is 56.1 Å². The Bertz CT molecular complexity index is 891. The number of carbonyl (C=O) groups is 1. The quantitative estimate of drug-likeness (QED) is 0.738. The van der Waals surface area contributed by atoms with Crippen molar-refractivity contribution in [3.8, 4) is 6.07 Å². The molecule has 0 aliphatic heterocycles. The highest BCUT2D eigenvalue weighted by Gasteiger charge is 2.12. The van der Waals surface area contributed by atoms with Gasteiger partial charge in [0.05, 0.1) is 11.6 Å². The number of nitriles is 1. The van der Waals surface area contributed by atoms with Crippen LogP contribution in [0.4, 0.5) is 11.4 Å². The highest BCUT2D eigenvalue weighted by atomic mass is 16.1. The van der Waals surface area contributed by atoms with Gasteiger partial charge in [-0.15, -0.1) is 0 Å². The van der Waals surface area contributed by atoms with E-state index in [0.717, 1.165) is 23.4 Å². The van der Waals surface area contributed by atoms with E-state index < -0.39 is 0 Å². The standard InChI is InChI=1S/C23H27N3O/c1-6-21(12-16(2)3)26(5)22-11-10-20(13-17(22)4)25-23(27)19-9-7-8-18(14-19)15-24/h6-11,13-14,16H,12H2,1-5H3,(H,25,27)/b21-6-. The SMILES string of the molecule is C/C=C(/CC(C)C)N(C)c1ccc(NC(=O)c2cccc(C#N)c2)cc1C. The van der Waals surface area contributed by atoms with Gasteiger partial charge in [-0.05, 0) is 68.1 Å². The summed E-state index contributed by atoms with van der Waals surface area (Å²) in [5.74, 6) is 0.364. The van der Waals surface area contributed by atoms with Gasteiger partial charge >= 0.3 is 0 Å². The molecular formula is C23H27N3O. The molecule has 0 unspecified atom stereocenters. The van der Waals surface area contributed by atoms with Crippen molar-refractivity contribution in [1.82, 2.24) is 0 Å². The van der Waals surface area contributed by atoms with Crippen LogP contribution in [0.1, 0.15) is 48.7 Å². The molecule has 0 saturated carbocycles.